The maximum atomic E-state index is 14.3. The summed E-state index contributed by atoms with van der Waals surface area (Å²) in [7, 11) is 0. The van der Waals surface area contributed by atoms with Gasteiger partial charge in [0.1, 0.15) is 17.4 Å². The second-order valence-corrected chi connectivity index (χ2v) is 13.5. The minimum atomic E-state index is -0.501. The van der Waals surface area contributed by atoms with Crippen LogP contribution in [-0.2, 0) is 15.0 Å². The highest BCUT2D eigenvalue weighted by atomic mass is 16.2. The third-order valence-corrected chi connectivity index (χ3v) is 8.72. The minimum Gasteiger partial charge on any atom is -0.317 e. The second-order valence-electron chi connectivity index (χ2n) is 13.5. The summed E-state index contributed by atoms with van der Waals surface area (Å²) in [5.74, 6) is -0.0568. The van der Waals surface area contributed by atoms with Crippen molar-refractivity contribution in [2.45, 2.75) is 71.1 Å². The van der Waals surface area contributed by atoms with E-state index >= 15 is 0 Å². The lowest BCUT2D eigenvalue weighted by atomic mass is 9.72. The van der Waals surface area contributed by atoms with Gasteiger partial charge in [-0.2, -0.15) is 5.10 Å². The molecular weight excluding hydrogens is 574 g/mol. The lowest BCUT2D eigenvalue weighted by Gasteiger charge is -2.32. The normalized spacial score (nSPS) is 15.2. The molecular formula is C38H45N5O3. The molecule has 0 bridgehead atoms. The third kappa shape index (κ3) is 7.98. The van der Waals surface area contributed by atoms with Gasteiger partial charge in [-0.1, -0.05) is 80.9 Å². The fourth-order valence-corrected chi connectivity index (χ4v) is 6.19. The zero-order valence-electron chi connectivity index (χ0n) is 27.5. The number of carbonyl (C=O) groups excluding carboxylic acids is 3. The number of nitrogens with zero attached hydrogens (tertiary/aromatic N) is 2. The van der Waals surface area contributed by atoms with Crippen LogP contribution in [-0.4, -0.2) is 40.5 Å². The topological polar surface area (TPSA) is 105 Å². The van der Waals surface area contributed by atoms with Crippen LogP contribution < -0.4 is 16.0 Å². The first-order chi connectivity index (χ1) is 22.0. The molecule has 1 unspecified atom stereocenters. The fourth-order valence-electron chi connectivity index (χ4n) is 6.19. The highest BCUT2D eigenvalue weighted by Gasteiger charge is 2.36. The summed E-state index contributed by atoms with van der Waals surface area (Å²) in [6.45, 7) is 11.5. The first-order valence-corrected chi connectivity index (χ1v) is 16.1. The number of aromatic nitrogens is 2. The monoisotopic (exact) mass is 619 g/mol. The molecule has 1 aliphatic heterocycles. The van der Waals surface area contributed by atoms with Crippen LogP contribution >= 0.6 is 0 Å². The number of ketones is 2. The second kappa shape index (κ2) is 14.3. The Morgan fingerprint density at radius 1 is 0.891 bits per heavy atom. The van der Waals surface area contributed by atoms with Gasteiger partial charge < -0.3 is 10.6 Å². The van der Waals surface area contributed by atoms with Crippen molar-refractivity contribution in [3.63, 3.8) is 0 Å². The number of piperidine rings is 1. The molecule has 8 nitrogen and oxygen atoms in total. The SMILES string of the molecule is CC(=O)C[C@@H](C(=O)C(c1ccc(NC(=O)Nc2cc(C(C)(C)C)nn2-c2ccc(C)cc2)cc1)C1CCNCC1)c1ccccc1. The number of benzene rings is 3. The highest BCUT2D eigenvalue weighted by Crippen LogP contribution is 2.38. The average Bonchev–Trinajstić information content (AvgIpc) is 3.46. The van der Waals surface area contributed by atoms with Crippen molar-refractivity contribution in [1.82, 2.24) is 15.1 Å². The van der Waals surface area contributed by atoms with Crippen LogP contribution in [0.5, 0.6) is 0 Å². The highest BCUT2D eigenvalue weighted by molar-refractivity contribution is 6.00. The molecule has 2 amide bonds. The predicted octanol–water partition coefficient (Wildman–Crippen LogP) is 7.54. The molecule has 0 aliphatic carbocycles. The minimum absolute atomic E-state index is 0.00448. The molecule has 4 aromatic rings. The van der Waals surface area contributed by atoms with Crippen molar-refractivity contribution in [3.05, 3.63) is 107 Å². The zero-order chi connectivity index (χ0) is 32.8. The summed E-state index contributed by atoms with van der Waals surface area (Å²) in [4.78, 5) is 39.9. The van der Waals surface area contributed by atoms with E-state index in [0.717, 1.165) is 54.0 Å². The van der Waals surface area contributed by atoms with E-state index in [9.17, 15) is 14.4 Å². The van der Waals surface area contributed by atoms with Crippen LogP contribution in [0.15, 0.2) is 84.9 Å². The zero-order valence-corrected chi connectivity index (χ0v) is 27.5. The largest absolute Gasteiger partial charge is 0.324 e. The number of Topliss-reactive ketones (excluding diaryl/α,β-unsaturated/α-hetero) is 2. The molecule has 1 saturated heterocycles. The quantitative estimate of drug-likeness (QED) is 0.170. The average molecular weight is 620 g/mol. The Hall–Kier alpha value is -4.56. The molecule has 3 N–H and O–H groups in total. The van der Waals surface area contributed by atoms with E-state index in [-0.39, 0.29) is 35.2 Å². The van der Waals surface area contributed by atoms with Gasteiger partial charge in [-0.25, -0.2) is 9.48 Å². The number of nitrogens with one attached hydrogen (secondary N) is 3. The van der Waals surface area contributed by atoms with Crippen molar-refractivity contribution < 1.29 is 14.4 Å². The molecule has 240 valence electrons. The van der Waals surface area contributed by atoms with E-state index in [4.69, 9.17) is 5.10 Å². The summed E-state index contributed by atoms with van der Waals surface area (Å²) >= 11 is 0. The summed E-state index contributed by atoms with van der Waals surface area (Å²) in [5, 5.41) is 14.1. The maximum Gasteiger partial charge on any atom is 0.324 e. The fraction of sp³-hybridized carbons (Fsp3) is 0.368. The molecule has 1 aliphatic rings. The molecule has 8 heteroatoms. The number of amides is 2. The van der Waals surface area contributed by atoms with Crippen LogP contribution in [0.1, 0.15) is 81.2 Å². The number of hydrogen-bond acceptors (Lipinski definition) is 5. The standard InChI is InChI=1S/C38H45N5O3/c1-25-11-17-31(18-12-25)43-34(24-33(42-43)38(3,4)5)41-37(46)40-30-15-13-28(14-16-30)35(29-19-21-39-22-20-29)36(45)32(23-26(2)44)27-9-7-6-8-10-27/h6-18,24,29,32,35,39H,19-23H2,1-5H3,(H2,40,41,46)/t32-,35?/m1/s1. The van der Waals surface area contributed by atoms with Crippen LogP contribution in [0, 0.1) is 12.8 Å². The first kappa shape index (κ1) is 32.8. The van der Waals surface area contributed by atoms with Crippen molar-refractivity contribution in [2.75, 3.05) is 23.7 Å². The third-order valence-electron chi connectivity index (χ3n) is 8.72. The van der Waals surface area contributed by atoms with Crippen molar-refractivity contribution in [2.24, 2.45) is 5.92 Å². The van der Waals surface area contributed by atoms with Crippen molar-refractivity contribution in [1.29, 1.82) is 0 Å². The molecule has 2 heterocycles. The summed E-state index contributed by atoms with van der Waals surface area (Å²) in [6.07, 6.45) is 1.94. The Morgan fingerprint density at radius 2 is 1.54 bits per heavy atom. The number of hydrogen-bond donors (Lipinski definition) is 3. The van der Waals surface area contributed by atoms with E-state index in [1.165, 1.54) is 0 Å². The number of carbonyl (C=O) groups is 3. The summed E-state index contributed by atoms with van der Waals surface area (Å²) in [6, 6.07) is 26.7. The van der Waals surface area contributed by atoms with E-state index in [0.29, 0.717) is 11.5 Å². The lowest BCUT2D eigenvalue weighted by Crippen LogP contribution is -2.35. The lowest BCUT2D eigenvalue weighted by molar-refractivity contribution is -0.126. The first-order valence-electron chi connectivity index (χ1n) is 16.1. The predicted molar refractivity (Wildman–Crippen MR) is 184 cm³/mol. The van der Waals surface area contributed by atoms with Crippen LogP contribution in [0.4, 0.5) is 16.3 Å². The molecule has 2 atom stereocenters. The van der Waals surface area contributed by atoms with E-state index in [1.54, 1.807) is 11.6 Å². The number of urea groups is 1. The van der Waals surface area contributed by atoms with Gasteiger partial charge in [0.05, 0.1) is 17.3 Å². The van der Waals surface area contributed by atoms with Crippen LogP contribution in [0.3, 0.4) is 0 Å². The Kier molecular flexibility index (Phi) is 10.2. The molecule has 0 radical (unpaired) electrons. The molecule has 0 saturated carbocycles. The van der Waals surface area contributed by atoms with Gasteiger partial charge in [-0.3, -0.25) is 14.9 Å². The van der Waals surface area contributed by atoms with Gasteiger partial charge in [-0.15, -0.1) is 0 Å². The van der Waals surface area contributed by atoms with Crippen molar-refractivity contribution >= 4 is 29.1 Å². The molecule has 46 heavy (non-hydrogen) atoms. The van der Waals surface area contributed by atoms with Gasteiger partial charge in [0.15, 0.2) is 0 Å². The van der Waals surface area contributed by atoms with Gasteiger partial charge in [0, 0.05) is 29.5 Å². The van der Waals surface area contributed by atoms with Crippen molar-refractivity contribution in [3.8, 4) is 5.69 Å². The van der Waals surface area contributed by atoms with Gasteiger partial charge >= 0.3 is 6.03 Å². The van der Waals surface area contributed by atoms with E-state index < -0.39 is 11.9 Å². The molecule has 1 aromatic heterocycles. The maximum absolute atomic E-state index is 14.3. The Bertz CT molecular complexity index is 1650. The Labute approximate surface area is 272 Å². The van der Waals surface area contributed by atoms with Crippen LogP contribution in [0.2, 0.25) is 0 Å². The Morgan fingerprint density at radius 3 is 2.15 bits per heavy atom. The van der Waals surface area contributed by atoms with Gasteiger partial charge in [0.2, 0.25) is 0 Å². The van der Waals surface area contributed by atoms with Crippen LogP contribution in [0.25, 0.3) is 5.69 Å². The van der Waals surface area contributed by atoms with E-state index in [1.807, 2.05) is 91.9 Å². The Balaban J connectivity index is 1.37. The number of anilines is 2. The van der Waals surface area contributed by atoms with Gasteiger partial charge in [-0.05, 0) is 81.1 Å². The molecule has 0 spiro atoms. The molecule has 1 fully saturated rings. The van der Waals surface area contributed by atoms with E-state index in [2.05, 4.69) is 36.7 Å². The molecule has 3 aromatic carbocycles. The number of rotatable bonds is 10. The summed E-state index contributed by atoms with van der Waals surface area (Å²) < 4.78 is 1.75. The number of aryl methyl sites for hydroxylation is 1. The van der Waals surface area contributed by atoms with Gasteiger partial charge in [0.25, 0.3) is 0 Å². The molecule has 5 rings (SSSR count). The smallest absolute Gasteiger partial charge is 0.317 e. The summed E-state index contributed by atoms with van der Waals surface area (Å²) in [5.41, 5.74) is 5.04.